The fourth-order valence-corrected chi connectivity index (χ4v) is 2.30. The van der Waals surface area contributed by atoms with E-state index in [-0.39, 0.29) is 85.5 Å². The van der Waals surface area contributed by atoms with Crippen LogP contribution in [0, 0.1) is 11.8 Å². The van der Waals surface area contributed by atoms with Crippen LogP contribution in [-0.4, -0.2) is 86.3 Å². The number of rotatable bonds is 10. The zero-order valence-corrected chi connectivity index (χ0v) is 19.0. The van der Waals surface area contributed by atoms with Crippen molar-refractivity contribution in [3.63, 3.8) is 0 Å². The second kappa shape index (κ2) is 15.3. The van der Waals surface area contributed by atoms with E-state index in [1.165, 1.54) is 0 Å². The van der Waals surface area contributed by atoms with Gasteiger partial charge >= 0.3 is 59.1 Å². The van der Waals surface area contributed by atoms with Gasteiger partial charge in [-0.1, -0.05) is 11.8 Å². The third-order valence-electron chi connectivity index (χ3n) is 1.89. The van der Waals surface area contributed by atoms with Crippen molar-refractivity contribution < 1.29 is 105 Å². The second-order valence-corrected chi connectivity index (χ2v) is 7.04. The Morgan fingerprint density at radius 1 is 0.792 bits per heavy atom. The molecule has 2 N–H and O–H groups in total. The maximum atomic E-state index is 10.3. The number of aliphatic hydroxyl groups excluding tert-OH is 2. The zero-order valence-electron chi connectivity index (χ0n) is 13.4. The third kappa shape index (κ3) is 23.2. The van der Waals surface area contributed by atoms with Crippen molar-refractivity contribution >= 4 is 20.2 Å². The summed E-state index contributed by atoms with van der Waals surface area (Å²) < 4.78 is 71.3. The first kappa shape index (κ1) is 30.0. The van der Waals surface area contributed by atoms with E-state index in [4.69, 9.17) is 19.7 Å². The SMILES string of the molecule is O=S(=O)([O-])CC(O)COCC#CCOCC(O)CS(=O)(=O)[O-].[Na+].[Na+]. The van der Waals surface area contributed by atoms with E-state index >= 15 is 0 Å². The summed E-state index contributed by atoms with van der Waals surface area (Å²) in [4.78, 5) is 0. The Morgan fingerprint density at radius 2 is 1.08 bits per heavy atom. The molecule has 2 unspecified atom stereocenters. The standard InChI is InChI=1S/C10H18O10S2.2Na/c11-9(7-21(13,14)15)5-19-3-1-2-4-20-6-10(12)8-22(16,17)18;;/h9-12H,3-8H2,(H,13,14,15)(H,16,17,18);;/q;2*+1/p-2. The summed E-state index contributed by atoms with van der Waals surface area (Å²) in [5.41, 5.74) is 0. The van der Waals surface area contributed by atoms with E-state index in [9.17, 15) is 25.9 Å². The molecule has 0 bridgehead atoms. The first-order valence-electron chi connectivity index (χ1n) is 5.84. The predicted molar refractivity (Wildman–Crippen MR) is 70.6 cm³/mol. The molecule has 0 amide bonds. The maximum Gasteiger partial charge on any atom is 1.00 e. The molecule has 0 radical (unpaired) electrons. The first-order chi connectivity index (χ1) is 9.99. The molecular weight excluding hydrogens is 390 g/mol. The molecule has 10 nitrogen and oxygen atoms in total. The van der Waals surface area contributed by atoms with Gasteiger partial charge in [0.05, 0.1) is 57.2 Å². The molecule has 130 valence electrons. The molecule has 0 spiro atoms. The summed E-state index contributed by atoms with van der Waals surface area (Å²) in [6.45, 7) is -1.07. The van der Waals surface area contributed by atoms with Crippen LogP contribution < -0.4 is 59.1 Å². The fraction of sp³-hybridized carbons (Fsp3) is 0.800. The van der Waals surface area contributed by atoms with Gasteiger partial charge in [0.15, 0.2) is 0 Å². The monoisotopic (exact) mass is 406 g/mol. The normalized spacial score (nSPS) is 13.7. The Kier molecular flexibility index (Phi) is 19.1. The van der Waals surface area contributed by atoms with E-state index < -0.39 is 43.9 Å². The maximum absolute atomic E-state index is 10.3. The zero-order chi connectivity index (χ0) is 17.2. The van der Waals surface area contributed by atoms with Gasteiger partial charge in [-0.2, -0.15) is 0 Å². The fourth-order valence-electron chi connectivity index (χ4n) is 1.16. The van der Waals surface area contributed by atoms with Gasteiger partial charge in [0, 0.05) is 0 Å². The number of hydrogen-bond donors (Lipinski definition) is 2. The Morgan fingerprint density at radius 3 is 1.33 bits per heavy atom. The van der Waals surface area contributed by atoms with Crippen LogP contribution in [0.3, 0.4) is 0 Å². The van der Waals surface area contributed by atoms with E-state index in [0.29, 0.717) is 0 Å². The van der Waals surface area contributed by atoms with Crippen molar-refractivity contribution in [3.05, 3.63) is 0 Å². The third-order valence-corrected chi connectivity index (χ3v) is 3.47. The molecule has 0 aliphatic rings. The van der Waals surface area contributed by atoms with Crippen LogP contribution in [0.25, 0.3) is 0 Å². The summed E-state index contributed by atoms with van der Waals surface area (Å²) in [6, 6.07) is 0. The first-order valence-corrected chi connectivity index (χ1v) is 8.99. The smallest absolute Gasteiger partial charge is 0.748 e. The van der Waals surface area contributed by atoms with Gasteiger partial charge in [-0.15, -0.1) is 0 Å². The van der Waals surface area contributed by atoms with Crippen molar-refractivity contribution in [1.29, 1.82) is 0 Å². The molecule has 24 heavy (non-hydrogen) atoms. The van der Waals surface area contributed by atoms with Crippen molar-refractivity contribution in [1.82, 2.24) is 0 Å². The van der Waals surface area contributed by atoms with Gasteiger partial charge in [0.2, 0.25) is 0 Å². The molecular formula is C10H16Na2O10S2. The quantitative estimate of drug-likeness (QED) is 0.153. The summed E-state index contributed by atoms with van der Waals surface area (Å²) >= 11 is 0. The van der Waals surface area contributed by atoms with Gasteiger partial charge in [-0.05, 0) is 0 Å². The number of aliphatic hydroxyl groups is 2. The Bertz CT molecular complexity index is 530. The van der Waals surface area contributed by atoms with Crippen molar-refractivity contribution in [2.45, 2.75) is 12.2 Å². The molecule has 0 saturated carbocycles. The molecule has 0 aliphatic carbocycles. The minimum atomic E-state index is -4.52. The minimum Gasteiger partial charge on any atom is -0.748 e. The molecule has 0 aromatic rings. The molecule has 0 aliphatic heterocycles. The van der Waals surface area contributed by atoms with E-state index in [2.05, 4.69) is 11.8 Å². The molecule has 14 heteroatoms. The largest absolute Gasteiger partial charge is 1.00 e. The summed E-state index contributed by atoms with van der Waals surface area (Å²) in [5.74, 6) is 2.95. The van der Waals surface area contributed by atoms with Crippen LogP contribution in [-0.2, 0) is 29.7 Å². The number of hydrogen-bond acceptors (Lipinski definition) is 10. The van der Waals surface area contributed by atoms with Gasteiger partial charge in [0.25, 0.3) is 0 Å². The van der Waals surface area contributed by atoms with Crippen LogP contribution in [0.4, 0.5) is 0 Å². The summed E-state index contributed by atoms with van der Waals surface area (Å²) in [7, 11) is -9.05. The Hall–Kier alpha value is 1.22. The molecule has 0 aromatic carbocycles. The average Bonchev–Trinajstić information content (AvgIpc) is 2.27. The van der Waals surface area contributed by atoms with Crippen LogP contribution in [0.1, 0.15) is 0 Å². The topological polar surface area (TPSA) is 173 Å². The minimum absolute atomic E-state index is 0. The van der Waals surface area contributed by atoms with Crippen LogP contribution in [0.2, 0.25) is 0 Å². The van der Waals surface area contributed by atoms with E-state index in [0.717, 1.165) is 0 Å². The van der Waals surface area contributed by atoms with E-state index in [1.54, 1.807) is 0 Å². The molecule has 0 rings (SSSR count). The van der Waals surface area contributed by atoms with Gasteiger partial charge in [-0.25, -0.2) is 16.8 Å². The predicted octanol–water partition coefficient (Wildman–Crippen LogP) is -9.16. The van der Waals surface area contributed by atoms with E-state index in [1.807, 2.05) is 0 Å². The molecule has 0 fully saturated rings. The Balaban J connectivity index is -0.00000220. The molecule has 0 heterocycles. The summed E-state index contributed by atoms with van der Waals surface area (Å²) in [5, 5.41) is 18.2. The second-order valence-electron chi connectivity index (χ2n) is 4.14. The van der Waals surface area contributed by atoms with Gasteiger partial charge in [0.1, 0.15) is 13.2 Å². The van der Waals surface area contributed by atoms with Crippen molar-refractivity contribution in [3.8, 4) is 11.8 Å². The van der Waals surface area contributed by atoms with Gasteiger partial charge < -0.3 is 28.8 Å². The number of ether oxygens (including phenoxy) is 2. The van der Waals surface area contributed by atoms with Crippen LogP contribution in [0.15, 0.2) is 0 Å². The van der Waals surface area contributed by atoms with Crippen LogP contribution in [0.5, 0.6) is 0 Å². The van der Waals surface area contributed by atoms with Gasteiger partial charge in [-0.3, -0.25) is 0 Å². The van der Waals surface area contributed by atoms with Crippen LogP contribution >= 0.6 is 0 Å². The molecule has 2 atom stereocenters. The Labute approximate surface area is 185 Å². The molecule has 0 saturated heterocycles. The average molecular weight is 406 g/mol. The summed E-state index contributed by atoms with van der Waals surface area (Å²) in [6.07, 6.45) is -2.88. The van der Waals surface area contributed by atoms with Crippen molar-refractivity contribution in [2.24, 2.45) is 0 Å². The molecule has 0 aromatic heterocycles. The van der Waals surface area contributed by atoms with Crippen molar-refractivity contribution in [2.75, 3.05) is 37.9 Å².